The van der Waals surface area contributed by atoms with Gasteiger partial charge in [0.1, 0.15) is 6.61 Å². The number of esters is 1. The van der Waals surface area contributed by atoms with Gasteiger partial charge in [0, 0.05) is 7.11 Å². The van der Waals surface area contributed by atoms with E-state index in [4.69, 9.17) is 28.5 Å². The average Bonchev–Trinajstić information content (AvgIpc) is 3.07. The number of ether oxygens (including phenoxy) is 5. The Labute approximate surface area is 248 Å². The Morgan fingerprint density at radius 3 is 2.00 bits per heavy atom. The smallest absolute Gasteiger partial charge is 0.351 e. The van der Waals surface area contributed by atoms with Crippen LogP contribution in [-0.2, 0) is 31.2 Å². The second-order valence-corrected chi connectivity index (χ2v) is 9.53. The highest BCUT2D eigenvalue weighted by molar-refractivity contribution is 5.78. The van der Waals surface area contributed by atoms with Crippen LogP contribution in [-0.4, -0.2) is 67.6 Å². The number of hydrogen-bond acceptors (Lipinski definition) is 10. The molecule has 3 aromatic carbocycles. The van der Waals surface area contributed by atoms with Gasteiger partial charge < -0.3 is 28.5 Å². The number of morpholine rings is 1. The van der Waals surface area contributed by atoms with Gasteiger partial charge in [-0.15, -0.1) is 5.06 Å². The number of rotatable bonds is 12. The first-order valence-corrected chi connectivity index (χ1v) is 13.7. The fourth-order valence-corrected chi connectivity index (χ4v) is 4.79. The summed E-state index contributed by atoms with van der Waals surface area (Å²) in [5, 5.41) is 1.51. The average molecular weight is 590 g/mol. The Morgan fingerprint density at radius 1 is 0.884 bits per heavy atom. The molecule has 1 unspecified atom stereocenters. The molecular formula is C32H32FN3O7. The molecule has 1 aliphatic heterocycles. The Balaban J connectivity index is 1.59. The van der Waals surface area contributed by atoms with Gasteiger partial charge in [0.15, 0.2) is 5.60 Å². The van der Waals surface area contributed by atoms with Gasteiger partial charge in [-0.05, 0) is 16.7 Å². The number of benzene rings is 3. The molecular weight excluding hydrogens is 557 g/mol. The number of carbonyl (C=O) groups is 1. The van der Waals surface area contributed by atoms with Crippen molar-refractivity contribution in [3.05, 3.63) is 114 Å². The van der Waals surface area contributed by atoms with E-state index >= 15 is 4.39 Å². The highest BCUT2D eigenvalue weighted by Gasteiger charge is 2.50. The van der Waals surface area contributed by atoms with Crippen LogP contribution in [0.15, 0.2) is 91.0 Å². The normalized spacial score (nSPS) is 14.5. The number of methoxy groups -OCH3 is 2. The van der Waals surface area contributed by atoms with Crippen molar-refractivity contribution in [2.45, 2.75) is 18.3 Å². The van der Waals surface area contributed by atoms with Crippen LogP contribution in [0.25, 0.3) is 0 Å². The van der Waals surface area contributed by atoms with E-state index in [9.17, 15) is 4.79 Å². The lowest BCUT2D eigenvalue weighted by atomic mass is 9.81. The molecule has 1 saturated heterocycles. The molecule has 0 saturated carbocycles. The minimum absolute atomic E-state index is 0.0259. The first-order chi connectivity index (χ1) is 21.0. The van der Waals surface area contributed by atoms with Gasteiger partial charge in [0.05, 0.1) is 33.4 Å². The summed E-state index contributed by atoms with van der Waals surface area (Å²) in [6, 6.07) is 27.1. The van der Waals surface area contributed by atoms with E-state index in [0.717, 1.165) is 5.56 Å². The topological polar surface area (TPSA) is 101 Å². The third kappa shape index (κ3) is 6.75. The standard InChI is InChI=1S/C32H32FN3O7/c1-38-28-26(33)29(43-36-18-20-40-21-19-36)35-31(34-28)42-27(30(37)41-22-23-12-6-3-7-13-23)32(39-2,24-14-8-4-9-15-24)25-16-10-5-11-17-25/h3-17,27H,18-22H2,1-2H3. The SMILES string of the molecule is COc1nc(OC(C(=O)OCc2ccccc2)C(OC)(c2ccccc2)c2ccccc2)nc(ON2CCOCC2)c1F. The van der Waals surface area contributed by atoms with E-state index < -0.39 is 35.3 Å². The number of aromatic nitrogens is 2. The Hall–Kier alpha value is -4.58. The molecule has 2 heterocycles. The number of halogens is 1. The Kier molecular flexibility index (Phi) is 9.77. The highest BCUT2D eigenvalue weighted by Crippen LogP contribution is 2.39. The summed E-state index contributed by atoms with van der Waals surface area (Å²) in [6.45, 7) is 1.58. The molecule has 1 aliphatic rings. The van der Waals surface area contributed by atoms with Crippen LogP contribution in [0.3, 0.4) is 0 Å². The highest BCUT2D eigenvalue weighted by atomic mass is 19.1. The number of hydroxylamine groups is 2. The van der Waals surface area contributed by atoms with E-state index in [2.05, 4.69) is 9.97 Å². The lowest BCUT2D eigenvalue weighted by Gasteiger charge is -2.38. The van der Waals surface area contributed by atoms with Gasteiger partial charge in [-0.3, -0.25) is 0 Å². The van der Waals surface area contributed by atoms with E-state index in [1.165, 1.54) is 19.3 Å². The lowest BCUT2D eigenvalue weighted by Crippen LogP contribution is -2.51. The van der Waals surface area contributed by atoms with Crippen molar-refractivity contribution in [1.29, 1.82) is 0 Å². The van der Waals surface area contributed by atoms with Crippen LogP contribution >= 0.6 is 0 Å². The van der Waals surface area contributed by atoms with Crippen LogP contribution < -0.4 is 14.3 Å². The number of nitrogens with zero attached hydrogens (tertiary/aromatic N) is 3. The monoisotopic (exact) mass is 589 g/mol. The van der Waals surface area contributed by atoms with Crippen molar-refractivity contribution in [3.63, 3.8) is 0 Å². The maximum absolute atomic E-state index is 15.2. The maximum atomic E-state index is 15.2. The van der Waals surface area contributed by atoms with Crippen LogP contribution in [0, 0.1) is 5.82 Å². The van der Waals surface area contributed by atoms with Crippen LogP contribution in [0.2, 0.25) is 0 Å². The zero-order chi connectivity index (χ0) is 30.1. The quantitative estimate of drug-likeness (QED) is 0.222. The summed E-state index contributed by atoms with van der Waals surface area (Å²) in [5.41, 5.74) is 0.443. The summed E-state index contributed by atoms with van der Waals surface area (Å²) in [4.78, 5) is 28.1. The van der Waals surface area contributed by atoms with E-state index in [-0.39, 0.29) is 12.6 Å². The molecule has 1 fully saturated rings. The van der Waals surface area contributed by atoms with E-state index in [0.29, 0.717) is 37.4 Å². The first kappa shape index (κ1) is 29.9. The zero-order valence-corrected chi connectivity index (χ0v) is 23.9. The van der Waals surface area contributed by atoms with Crippen LogP contribution in [0.1, 0.15) is 16.7 Å². The molecule has 4 aromatic rings. The molecule has 0 aliphatic carbocycles. The molecule has 11 heteroatoms. The van der Waals surface area contributed by atoms with E-state index in [1.54, 1.807) is 0 Å². The summed E-state index contributed by atoms with van der Waals surface area (Å²) in [6.07, 6.45) is -1.50. The van der Waals surface area contributed by atoms with Crippen LogP contribution in [0.4, 0.5) is 4.39 Å². The molecule has 1 aromatic heterocycles. The fourth-order valence-electron chi connectivity index (χ4n) is 4.79. The van der Waals surface area contributed by atoms with E-state index in [1.807, 2.05) is 91.0 Å². The number of hydrogen-bond donors (Lipinski definition) is 0. The van der Waals surface area contributed by atoms with Crippen molar-refractivity contribution in [3.8, 4) is 17.8 Å². The van der Waals surface area contributed by atoms with Crippen molar-refractivity contribution in [1.82, 2.24) is 15.0 Å². The largest absolute Gasteiger partial charge is 0.479 e. The van der Waals surface area contributed by atoms with Gasteiger partial charge in [0.25, 0.3) is 11.8 Å². The molecule has 0 radical (unpaired) electrons. The summed E-state index contributed by atoms with van der Waals surface area (Å²) < 4.78 is 44.0. The van der Waals surface area contributed by atoms with Crippen molar-refractivity contribution in [2.24, 2.45) is 0 Å². The minimum atomic E-state index is -1.54. The van der Waals surface area contributed by atoms with Crippen molar-refractivity contribution in [2.75, 3.05) is 40.5 Å². The first-order valence-electron chi connectivity index (χ1n) is 13.7. The molecule has 0 amide bonds. The van der Waals surface area contributed by atoms with Crippen molar-refractivity contribution < 1.29 is 37.7 Å². The Bertz CT molecular complexity index is 1430. The summed E-state index contributed by atoms with van der Waals surface area (Å²) in [7, 11) is 2.73. The predicted molar refractivity (Wildman–Crippen MR) is 153 cm³/mol. The summed E-state index contributed by atoms with van der Waals surface area (Å²) >= 11 is 0. The third-order valence-corrected chi connectivity index (χ3v) is 6.91. The molecule has 43 heavy (non-hydrogen) atoms. The van der Waals surface area contributed by atoms with Gasteiger partial charge >= 0.3 is 12.0 Å². The van der Waals surface area contributed by atoms with Gasteiger partial charge in [-0.1, -0.05) is 91.0 Å². The predicted octanol–water partition coefficient (Wildman–Crippen LogP) is 4.33. The molecule has 10 nitrogen and oxygen atoms in total. The third-order valence-electron chi connectivity index (χ3n) is 6.91. The minimum Gasteiger partial charge on any atom is -0.479 e. The van der Waals surface area contributed by atoms with Crippen molar-refractivity contribution >= 4 is 5.97 Å². The second-order valence-electron chi connectivity index (χ2n) is 9.53. The van der Waals surface area contributed by atoms with Crippen LogP contribution in [0.5, 0.6) is 17.8 Å². The maximum Gasteiger partial charge on any atom is 0.351 e. The fraction of sp³-hybridized carbons (Fsp3) is 0.281. The lowest BCUT2D eigenvalue weighted by molar-refractivity contribution is -0.169. The Morgan fingerprint density at radius 2 is 1.44 bits per heavy atom. The molecule has 0 N–H and O–H groups in total. The molecule has 0 spiro atoms. The molecule has 0 bridgehead atoms. The van der Waals surface area contributed by atoms with Gasteiger partial charge in [-0.2, -0.15) is 14.4 Å². The molecule has 224 valence electrons. The molecule has 1 atom stereocenters. The van der Waals surface area contributed by atoms with Gasteiger partial charge in [-0.25, -0.2) is 4.79 Å². The second kappa shape index (κ2) is 14.1. The number of carbonyl (C=O) groups excluding carboxylic acids is 1. The van der Waals surface area contributed by atoms with Gasteiger partial charge in [0.2, 0.25) is 11.9 Å². The zero-order valence-electron chi connectivity index (χ0n) is 23.9. The molecule has 5 rings (SSSR count). The summed E-state index contributed by atoms with van der Waals surface area (Å²) in [5.74, 6) is -2.54.